The highest BCUT2D eigenvalue weighted by Crippen LogP contribution is 2.43. The van der Waals surface area contributed by atoms with Gasteiger partial charge in [0.2, 0.25) is 0 Å². The summed E-state index contributed by atoms with van der Waals surface area (Å²) in [5.74, 6) is -0.741. The van der Waals surface area contributed by atoms with Crippen molar-refractivity contribution in [1.29, 1.82) is 0 Å². The predicted octanol–water partition coefficient (Wildman–Crippen LogP) is 4.16. The third-order valence-corrected chi connectivity index (χ3v) is 3.33. The average molecular weight is 259 g/mol. The molecule has 0 saturated heterocycles. The van der Waals surface area contributed by atoms with Crippen molar-refractivity contribution in [2.24, 2.45) is 4.99 Å². The van der Waals surface area contributed by atoms with Crippen LogP contribution in [-0.4, -0.2) is 6.72 Å². The molecule has 0 unspecified atom stereocenters. The summed E-state index contributed by atoms with van der Waals surface area (Å²) in [6.07, 6.45) is 0. The second-order valence-electron chi connectivity index (χ2n) is 4.44. The molecule has 0 aromatic heterocycles. The van der Waals surface area contributed by atoms with Crippen LogP contribution in [0.25, 0.3) is 11.1 Å². The lowest BCUT2D eigenvalue weighted by molar-refractivity contribution is 0.281. The minimum absolute atomic E-state index is 0.0212. The Kier molecular flexibility index (Phi) is 2.59. The SMILES string of the molecule is C=Nc1ccc2c(c1F)OCc1c-2ccc(C)c1F. The third kappa shape index (κ3) is 1.63. The molecule has 0 amide bonds. The summed E-state index contributed by atoms with van der Waals surface area (Å²) < 4.78 is 33.5. The molecule has 1 aliphatic rings. The zero-order chi connectivity index (χ0) is 13.6. The number of fused-ring (bicyclic) bond motifs is 3. The first-order chi connectivity index (χ1) is 9.13. The van der Waals surface area contributed by atoms with Crippen molar-refractivity contribution in [1.82, 2.24) is 0 Å². The average Bonchev–Trinajstić information content (AvgIpc) is 2.43. The molecule has 0 spiro atoms. The summed E-state index contributed by atoms with van der Waals surface area (Å²) in [5.41, 5.74) is 2.36. The number of hydrogen-bond donors (Lipinski definition) is 0. The Morgan fingerprint density at radius 3 is 2.58 bits per heavy atom. The predicted molar refractivity (Wildman–Crippen MR) is 70.1 cm³/mol. The smallest absolute Gasteiger partial charge is 0.191 e. The Balaban J connectivity index is 2.29. The van der Waals surface area contributed by atoms with Crippen LogP contribution in [0.15, 0.2) is 29.3 Å². The van der Waals surface area contributed by atoms with Gasteiger partial charge in [-0.1, -0.05) is 12.1 Å². The van der Waals surface area contributed by atoms with E-state index in [2.05, 4.69) is 11.7 Å². The number of hydrogen-bond acceptors (Lipinski definition) is 2. The fourth-order valence-corrected chi connectivity index (χ4v) is 2.30. The van der Waals surface area contributed by atoms with Gasteiger partial charge in [0, 0.05) is 11.1 Å². The number of nitrogens with zero attached hydrogens (tertiary/aromatic N) is 1. The summed E-state index contributed by atoms with van der Waals surface area (Å²) in [4.78, 5) is 3.59. The molecule has 0 radical (unpaired) electrons. The van der Waals surface area contributed by atoms with Crippen LogP contribution in [0.3, 0.4) is 0 Å². The fourth-order valence-electron chi connectivity index (χ4n) is 2.30. The number of halogens is 2. The number of aryl methyl sites for hydroxylation is 1. The van der Waals surface area contributed by atoms with Crippen molar-refractivity contribution in [3.8, 4) is 16.9 Å². The zero-order valence-electron chi connectivity index (χ0n) is 10.3. The first-order valence-electron chi connectivity index (χ1n) is 5.84. The Hall–Kier alpha value is -2.23. The summed E-state index contributed by atoms with van der Waals surface area (Å²) in [7, 11) is 0. The molecule has 19 heavy (non-hydrogen) atoms. The summed E-state index contributed by atoms with van der Waals surface area (Å²) in [6.45, 7) is 5.02. The van der Waals surface area contributed by atoms with E-state index >= 15 is 0 Å². The molecule has 0 fully saturated rings. The van der Waals surface area contributed by atoms with Gasteiger partial charge >= 0.3 is 0 Å². The van der Waals surface area contributed by atoms with Crippen molar-refractivity contribution in [3.05, 3.63) is 47.0 Å². The van der Waals surface area contributed by atoms with Crippen molar-refractivity contribution in [3.63, 3.8) is 0 Å². The maximum atomic E-state index is 14.1. The molecule has 0 N–H and O–H groups in total. The minimum Gasteiger partial charge on any atom is -0.485 e. The van der Waals surface area contributed by atoms with E-state index in [4.69, 9.17) is 4.74 Å². The van der Waals surface area contributed by atoms with E-state index in [1.807, 2.05) is 0 Å². The molecule has 4 heteroatoms. The molecule has 3 rings (SSSR count). The van der Waals surface area contributed by atoms with Crippen LogP contribution in [0, 0.1) is 18.6 Å². The zero-order valence-corrected chi connectivity index (χ0v) is 10.3. The van der Waals surface area contributed by atoms with Gasteiger partial charge in [0.25, 0.3) is 0 Å². The monoisotopic (exact) mass is 259 g/mol. The molecule has 2 aromatic rings. The second-order valence-corrected chi connectivity index (χ2v) is 4.44. The lowest BCUT2D eigenvalue weighted by atomic mass is 9.94. The van der Waals surface area contributed by atoms with E-state index in [0.717, 1.165) is 0 Å². The van der Waals surface area contributed by atoms with Gasteiger partial charge in [-0.05, 0) is 36.9 Å². The molecule has 1 heterocycles. The molecule has 0 aliphatic carbocycles. The van der Waals surface area contributed by atoms with Crippen LogP contribution >= 0.6 is 0 Å². The van der Waals surface area contributed by atoms with Gasteiger partial charge < -0.3 is 4.74 Å². The van der Waals surface area contributed by atoms with Gasteiger partial charge in [0.1, 0.15) is 18.1 Å². The van der Waals surface area contributed by atoms with Crippen molar-refractivity contribution in [2.45, 2.75) is 13.5 Å². The van der Waals surface area contributed by atoms with Gasteiger partial charge in [-0.15, -0.1) is 0 Å². The van der Waals surface area contributed by atoms with E-state index < -0.39 is 5.82 Å². The van der Waals surface area contributed by atoms with Crippen LogP contribution in [-0.2, 0) is 6.61 Å². The number of benzene rings is 2. The van der Waals surface area contributed by atoms with Crippen LogP contribution in [0.1, 0.15) is 11.1 Å². The Morgan fingerprint density at radius 1 is 1.11 bits per heavy atom. The molecule has 0 atom stereocenters. The maximum absolute atomic E-state index is 14.1. The van der Waals surface area contributed by atoms with Gasteiger partial charge in [0.05, 0.1) is 0 Å². The molecule has 96 valence electrons. The first-order valence-corrected chi connectivity index (χ1v) is 5.84. The van der Waals surface area contributed by atoms with Crippen LogP contribution in [0.2, 0.25) is 0 Å². The second kappa shape index (κ2) is 4.16. The topological polar surface area (TPSA) is 21.6 Å². The first kappa shape index (κ1) is 11.8. The molecule has 1 aliphatic heterocycles. The van der Waals surface area contributed by atoms with Crippen molar-refractivity contribution < 1.29 is 13.5 Å². The molecular weight excluding hydrogens is 248 g/mol. The van der Waals surface area contributed by atoms with E-state index in [9.17, 15) is 8.78 Å². The quantitative estimate of drug-likeness (QED) is 0.704. The standard InChI is InChI=1S/C15H11F2NO/c1-8-3-4-9-10-5-6-12(18-2)14(17)15(10)19-7-11(9)13(8)16/h3-6H,2,7H2,1H3. The molecule has 0 saturated carbocycles. The van der Waals surface area contributed by atoms with Crippen LogP contribution < -0.4 is 4.74 Å². The molecule has 2 aromatic carbocycles. The normalized spacial score (nSPS) is 12.4. The lowest BCUT2D eigenvalue weighted by Crippen LogP contribution is -2.10. The number of aliphatic imine (C=N–C) groups is 1. The highest BCUT2D eigenvalue weighted by Gasteiger charge is 2.25. The van der Waals surface area contributed by atoms with Gasteiger partial charge in [-0.2, -0.15) is 0 Å². The van der Waals surface area contributed by atoms with Gasteiger partial charge in [-0.3, -0.25) is 4.99 Å². The third-order valence-electron chi connectivity index (χ3n) is 3.33. The lowest BCUT2D eigenvalue weighted by Gasteiger charge is -2.22. The van der Waals surface area contributed by atoms with Gasteiger partial charge in [0.15, 0.2) is 11.6 Å². The van der Waals surface area contributed by atoms with E-state index in [1.165, 1.54) is 6.07 Å². The highest BCUT2D eigenvalue weighted by molar-refractivity contribution is 5.78. The Morgan fingerprint density at radius 2 is 1.84 bits per heavy atom. The largest absolute Gasteiger partial charge is 0.485 e. The van der Waals surface area contributed by atoms with E-state index in [0.29, 0.717) is 22.3 Å². The summed E-state index contributed by atoms with van der Waals surface area (Å²) in [5, 5.41) is 0. The van der Waals surface area contributed by atoms with Crippen LogP contribution in [0.5, 0.6) is 5.75 Å². The number of ether oxygens (including phenoxy) is 1. The molecular formula is C15H11F2NO. The highest BCUT2D eigenvalue weighted by atomic mass is 19.1. The number of rotatable bonds is 1. The summed E-state index contributed by atoms with van der Waals surface area (Å²) in [6, 6.07) is 6.66. The molecule has 0 bridgehead atoms. The van der Waals surface area contributed by atoms with E-state index in [-0.39, 0.29) is 23.9 Å². The fraction of sp³-hybridized carbons (Fsp3) is 0.133. The van der Waals surface area contributed by atoms with Crippen molar-refractivity contribution in [2.75, 3.05) is 0 Å². The van der Waals surface area contributed by atoms with E-state index in [1.54, 1.807) is 25.1 Å². The van der Waals surface area contributed by atoms with Gasteiger partial charge in [-0.25, -0.2) is 8.78 Å². The Labute approximate surface area is 109 Å². The molecule has 2 nitrogen and oxygen atoms in total. The Bertz CT molecular complexity index is 695. The maximum Gasteiger partial charge on any atom is 0.191 e. The summed E-state index contributed by atoms with van der Waals surface area (Å²) >= 11 is 0. The van der Waals surface area contributed by atoms with Crippen molar-refractivity contribution >= 4 is 12.4 Å². The minimum atomic E-state index is -0.556. The van der Waals surface area contributed by atoms with Crippen LogP contribution in [0.4, 0.5) is 14.5 Å².